The van der Waals surface area contributed by atoms with Crippen LogP contribution in [0, 0.1) is 26.6 Å². The number of thiophene rings is 1. The van der Waals surface area contributed by atoms with E-state index in [4.69, 9.17) is 26.8 Å². The predicted molar refractivity (Wildman–Crippen MR) is 297 cm³/mol. The van der Waals surface area contributed by atoms with Gasteiger partial charge in [-0.05, 0) is 87.9 Å². The van der Waals surface area contributed by atoms with Crippen LogP contribution >= 0.6 is 22.9 Å². The molecule has 7 aromatic rings. The molecule has 0 radical (unpaired) electrons. The monoisotopic (exact) mass is 1130 g/mol. The minimum Gasteiger partial charge on any atom is -0.480 e. The molecule has 3 fully saturated rings. The number of fused-ring (bicyclic) bond motifs is 5. The van der Waals surface area contributed by atoms with E-state index in [0.29, 0.717) is 121 Å². The fourth-order valence-electron chi connectivity index (χ4n) is 11.6. The lowest BCUT2D eigenvalue weighted by Gasteiger charge is -2.38. The van der Waals surface area contributed by atoms with Crippen molar-refractivity contribution in [3.8, 4) is 16.1 Å². The number of hydrogen-bond acceptors (Lipinski definition) is 13. The van der Waals surface area contributed by atoms with Crippen LogP contribution in [-0.2, 0) is 42.4 Å². The Morgan fingerprint density at radius 1 is 0.812 bits per heavy atom. The van der Waals surface area contributed by atoms with Crippen molar-refractivity contribution in [1.29, 1.82) is 0 Å². The predicted octanol–water partition coefficient (Wildman–Crippen LogP) is 5.09. The SMILES string of the molecule is Cc1sc2c(c1C)C(c1ccc(Cl)cc1)=N[C@@H](CC(=O)N1CCC[C@H]1C(=O)N1CCN(CC(=O)N3CCC(c4nn(CC(=O)NCC(=O)NCC(=O)O)c5cccc(-c6cc7c(cnn7C)cc6F)c45)CC3)CC1)c1nnc(C)n1-2. The molecule has 0 bridgehead atoms. The molecular weight excluding hydrogens is 1070 g/mol. The number of carboxylic acid groups (broad SMARTS) is 1. The van der Waals surface area contributed by atoms with Crippen LogP contribution in [0.2, 0.25) is 5.02 Å². The number of aryl methyl sites for hydroxylation is 3. The molecule has 4 aliphatic rings. The number of aromatic nitrogens is 7. The van der Waals surface area contributed by atoms with Crippen LogP contribution in [-0.4, -0.2) is 172 Å². The first-order valence-electron chi connectivity index (χ1n) is 26.8. The molecule has 0 saturated carbocycles. The van der Waals surface area contributed by atoms with Crippen molar-refractivity contribution in [2.45, 2.75) is 77.4 Å². The van der Waals surface area contributed by atoms with E-state index in [1.807, 2.05) is 57.7 Å². The minimum absolute atomic E-state index is 0.00424. The standard InChI is InChI=1S/C56H60ClFN14O7S/c1-31-32(2)80-56-50(31)52(34-10-12-37(57)13-11-34)62-41(54-64-63-33(3)72(54)56)25-47(75)70-16-6-9-43(70)55(79)69-21-19-67(20-22-69)30-48(76)68-17-14-35(15-18-68)53-51-38(39-24-44-36(23-40(39)58)26-61-66(44)4)7-5-8-42(51)71(65-53)29-46(74)59-27-45(73)60-28-49(77)78/h5,7-8,10-13,23-24,26,35,41,43H,6,9,14-22,25,27-30H2,1-4H3,(H,59,74)(H,60,73)(H,77,78)/t41-,43-/m0/s1. The van der Waals surface area contributed by atoms with Gasteiger partial charge in [0.2, 0.25) is 29.5 Å². The van der Waals surface area contributed by atoms with Crippen LogP contribution in [0.3, 0.4) is 0 Å². The lowest BCUT2D eigenvalue weighted by molar-refractivity contribution is -0.145. The number of aliphatic imine (C=N–C) groups is 1. The van der Waals surface area contributed by atoms with Gasteiger partial charge < -0.3 is 30.4 Å². The largest absolute Gasteiger partial charge is 0.480 e. The van der Waals surface area contributed by atoms with E-state index in [0.717, 1.165) is 37.8 Å². The van der Waals surface area contributed by atoms with Gasteiger partial charge in [0.1, 0.15) is 41.8 Å². The van der Waals surface area contributed by atoms with Crippen LogP contribution in [0.15, 0.2) is 65.8 Å². The summed E-state index contributed by atoms with van der Waals surface area (Å²) < 4.78 is 21.3. The number of likely N-dealkylation sites (tertiary alicyclic amines) is 2. The molecule has 3 saturated heterocycles. The van der Waals surface area contributed by atoms with Gasteiger partial charge in [0.05, 0.1) is 48.1 Å². The van der Waals surface area contributed by atoms with Crippen molar-refractivity contribution in [3.05, 3.63) is 111 Å². The van der Waals surface area contributed by atoms with Gasteiger partial charge in [0.15, 0.2) is 5.82 Å². The van der Waals surface area contributed by atoms with Gasteiger partial charge in [-0.25, -0.2) is 4.39 Å². The van der Waals surface area contributed by atoms with Gasteiger partial charge in [-0.2, -0.15) is 10.2 Å². The van der Waals surface area contributed by atoms with Crippen LogP contribution in [0.5, 0.6) is 0 Å². The number of nitrogens with one attached hydrogen (secondary N) is 2. The fraction of sp³-hybridized carbons (Fsp3) is 0.411. The number of piperazine rings is 1. The first-order chi connectivity index (χ1) is 38.5. The normalized spacial score (nSPS) is 17.8. The Kier molecular flexibility index (Phi) is 15.1. The molecule has 0 aliphatic carbocycles. The van der Waals surface area contributed by atoms with Gasteiger partial charge in [-0.15, -0.1) is 21.5 Å². The average molecular weight is 1130 g/mol. The molecule has 4 aliphatic heterocycles. The van der Waals surface area contributed by atoms with Crippen molar-refractivity contribution in [1.82, 2.24) is 64.6 Å². The summed E-state index contributed by atoms with van der Waals surface area (Å²) in [6.07, 6.45) is 3.95. The number of nitrogens with zero attached hydrogens (tertiary/aromatic N) is 12. The first kappa shape index (κ1) is 54.1. The maximum Gasteiger partial charge on any atom is 0.322 e. The highest BCUT2D eigenvalue weighted by molar-refractivity contribution is 7.15. The summed E-state index contributed by atoms with van der Waals surface area (Å²) in [7, 11) is 1.78. The van der Waals surface area contributed by atoms with E-state index in [1.165, 1.54) is 10.7 Å². The fourth-order valence-corrected chi connectivity index (χ4v) is 13.0. The molecule has 80 heavy (non-hydrogen) atoms. The highest BCUT2D eigenvalue weighted by atomic mass is 35.5. The Bertz CT molecular complexity index is 3650. The molecule has 0 unspecified atom stereocenters. The van der Waals surface area contributed by atoms with Gasteiger partial charge in [-0.3, -0.25) is 52.6 Å². The molecular formula is C56H60ClFN14O7S. The molecule has 0 spiro atoms. The number of piperidine rings is 1. The Morgan fingerprint density at radius 3 is 2.31 bits per heavy atom. The topological polar surface area (TPSA) is 238 Å². The maximum absolute atomic E-state index is 16.1. The van der Waals surface area contributed by atoms with E-state index in [9.17, 15) is 28.8 Å². The molecule has 5 amide bonds. The summed E-state index contributed by atoms with van der Waals surface area (Å²) in [6.45, 7) is 8.08. The summed E-state index contributed by atoms with van der Waals surface area (Å²) >= 11 is 7.96. The lowest BCUT2D eigenvalue weighted by atomic mass is 9.88. The summed E-state index contributed by atoms with van der Waals surface area (Å²) in [4.78, 5) is 93.0. The lowest BCUT2D eigenvalue weighted by Crippen LogP contribution is -2.56. The summed E-state index contributed by atoms with van der Waals surface area (Å²) in [5, 5.41) is 34.8. The molecule has 8 heterocycles. The van der Waals surface area contributed by atoms with Gasteiger partial charge in [-0.1, -0.05) is 35.9 Å². The number of carbonyl (C=O) groups is 6. The molecule has 3 N–H and O–H groups in total. The highest BCUT2D eigenvalue weighted by Crippen LogP contribution is 2.42. The number of rotatable bonds is 14. The maximum atomic E-state index is 16.1. The number of aliphatic carboxylic acids is 1. The Labute approximate surface area is 468 Å². The molecule has 11 rings (SSSR count). The van der Waals surface area contributed by atoms with E-state index in [-0.39, 0.29) is 43.1 Å². The van der Waals surface area contributed by atoms with Crippen molar-refractivity contribution in [2.24, 2.45) is 12.0 Å². The van der Waals surface area contributed by atoms with Gasteiger partial charge in [0, 0.05) is 96.1 Å². The molecule has 24 heteroatoms. The summed E-state index contributed by atoms with van der Waals surface area (Å²) in [5.41, 5.74) is 6.57. The number of carboxylic acids is 1. The number of hydrogen-bond donors (Lipinski definition) is 3. The molecule has 2 atom stereocenters. The van der Waals surface area contributed by atoms with Crippen LogP contribution < -0.4 is 10.6 Å². The van der Waals surface area contributed by atoms with Gasteiger partial charge >= 0.3 is 5.97 Å². The first-order valence-corrected chi connectivity index (χ1v) is 28.0. The van der Waals surface area contributed by atoms with Crippen molar-refractivity contribution in [2.75, 3.05) is 65.4 Å². The third kappa shape index (κ3) is 10.6. The van der Waals surface area contributed by atoms with E-state index < -0.39 is 48.8 Å². The Hall–Kier alpha value is -7.89. The second kappa shape index (κ2) is 22.3. The average Bonchev–Trinajstić information content (AvgIpc) is 4.37. The zero-order valence-electron chi connectivity index (χ0n) is 44.7. The number of carbonyl (C=O) groups excluding carboxylic acids is 5. The molecule has 416 valence electrons. The van der Waals surface area contributed by atoms with E-state index in [2.05, 4.69) is 44.7 Å². The summed E-state index contributed by atoms with van der Waals surface area (Å²) in [5.74, 6) is -2.06. The Morgan fingerprint density at radius 2 is 1.56 bits per heavy atom. The van der Waals surface area contributed by atoms with Crippen LogP contribution in [0.25, 0.3) is 37.9 Å². The third-order valence-electron chi connectivity index (χ3n) is 16.0. The zero-order valence-corrected chi connectivity index (χ0v) is 46.3. The number of benzene rings is 3. The van der Waals surface area contributed by atoms with Crippen molar-refractivity contribution >= 4 is 86.0 Å². The second-order valence-corrected chi connectivity index (χ2v) is 22.6. The highest BCUT2D eigenvalue weighted by Gasteiger charge is 2.40. The molecule has 4 aromatic heterocycles. The van der Waals surface area contributed by atoms with Crippen molar-refractivity contribution < 1.29 is 38.3 Å². The van der Waals surface area contributed by atoms with E-state index >= 15 is 4.39 Å². The minimum atomic E-state index is -1.22. The smallest absolute Gasteiger partial charge is 0.322 e. The van der Waals surface area contributed by atoms with Gasteiger partial charge in [0.25, 0.3) is 0 Å². The molecule has 21 nitrogen and oxygen atoms in total. The van der Waals surface area contributed by atoms with E-state index in [1.54, 1.807) is 46.3 Å². The third-order valence-corrected chi connectivity index (χ3v) is 17.4. The second-order valence-electron chi connectivity index (χ2n) is 21.0. The van der Waals surface area contributed by atoms with Crippen molar-refractivity contribution in [3.63, 3.8) is 0 Å². The number of halogens is 2. The van der Waals surface area contributed by atoms with Crippen LogP contribution in [0.1, 0.15) is 83.0 Å². The summed E-state index contributed by atoms with van der Waals surface area (Å²) in [6, 6.07) is 14.9. The zero-order chi connectivity index (χ0) is 56.1. The quantitative estimate of drug-likeness (QED) is 0.129. The number of amides is 5. The Balaban J connectivity index is 0.732. The molecule has 3 aromatic carbocycles. The van der Waals surface area contributed by atoms with Crippen LogP contribution in [0.4, 0.5) is 4.39 Å².